The van der Waals surface area contributed by atoms with E-state index in [0.29, 0.717) is 21.8 Å². The monoisotopic (exact) mass is 282 g/mol. The van der Waals surface area contributed by atoms with Crippen LogP contribution >= 0.6 is 15.9 Å². The van der Waals surface area contributed by atoms with Crippen LogP contribution in [0, 0.1) is 0 Å². The highest BCUT2D eigenvalue weighted by Crippen LogP contribution is 2.25. The van der Waals surface area contributed by atoms with Crippen LogP contribution in [0.25, 0.3) is 11.0 Å². The zero-order chi connectivity index (χ0) is 12.6. The number of fused-ring (bicyclic) bond motifs is 1. The Morgan fingerprint density at radius 2 is 2.00 bits per heavy atom. The minimum Gasteiger partial charge on any atom is -0.357 e. The molecule has 0 aliphatic heterocycles. The molecule has 0 aliphatic rings. The number of hydrogen-bond donors (Lipinski definition) is 1. The van der Waals surface area contributed by atoms with Crippen molar-refractivity contribution < 1.29 is 0 Å². The average Bonchev–Trinajstić information content (AvgIpc) is 2.26. The molecule has 2 aromatic rings. The minimum absolute atomic E-state index is 0.339. The van der Waals surface area contributed by atoms with E-state index in [1.807, 2.05) is 0 Å². The summed E-state index contributed by atoms with van der Waals surface area (Å²) in [6.45, 7) is 0. The number of nitrogens with zero attached hydrogens (tertiary/aromatic N) is 3. The Morgan fingerprint density at radius 1 is 1.29 bits per heavy atom. The second-order valence-corrected chi connectivity index (χ2v) is 4.46. The summed E-state index contributed by atoms with van der Waals surface area (Å²) in [6, 6.07) is 1.78. The normalized spacial score (nSPS) is 11.6. The fourth-order valence-electron chi connectivity index (χ4n) is 1.36. The molecule has 78 valence electrons. The molecule has 0 aromatic carbocycles. The Bertz CT molecular complexity index is 570. The van der Waals surface area contributed by atoms with Crippen molar-refractivity contribution in [2.45, 2.75) is 5.11 Å². The Balaban J connectivity index is 2.69. The van der Waals surface area contributed by atoms with Gasteiger partial charge in [0.15, 0.2) is 5.65 Å². The molecule has 2 rings (SSSR count). The summed E-state index contributed by atoms with van der Waals surface area (Å²) in [7, 11) is 18.6. The first-order chi connectivity index (χ1) is 7.91. The first kappa shape index (κ1) is 12.4. The Morgan fingerprint density at radius 3 is 2.59 bits per heavy atom. The highest BCUT2D eigenvalue weighted by Gasteiger charge is 2.18. The predicted molar refractivity (Wildman–Crippen MR) is 73.5 cm³/mol. The van der Waals surface area contributed by atoms with Gasteiger partial charge >= 0.3 is 0 Å². The molecule has 0 spiro atoms. The van der Waals surface area contributed by atoms with Crippen LogP contribution in [0.5, 0.6) is 0 Å². The smallest absolute Gasteiger partial charge is 0.224 e. The molecule has 2 heterocycles. The van der Waals surface area contributed by atoms with Crippen LogP contribution in [-0.2, 0) is 5.11 Å². The van der Waals surface area contributed by atoms with E-state index < -0.39 is 5.11 Å². The van der Waals surface area contributed by atoms with Crippen molar-refractivity contribution in [3.8, 4) is 0 Å². The first-order valence-electron chi connectivity index (χ1n) is 4.80. The van der Waals surface area contributed by atoms with E-state index in [1.54, 1.807) is 19.3 Å². The predicted octanol–water partition coefficient (Wildman–Crippen LogP) is 0.445. The molecule has 0 fully saturated rings. The van der Waals surface area contributed by atoms with E-state index in [9.17, 15) is 0 Å². The molecule has 0 aliphatic carbocycles. The van der Waals surface area contributed by atoms with Crippen molar-refractivity contribution in [2.75, 3.05) is 12.4 Å². The van der Waals surface area contributed by atoms with Crippen molar-refractivity contribution >= 4 is 56.5 Å². The molecular weight excluding hydrogens is 276 g/mol. The molecule has 4 nitrogen and oxygen atoms in total. The maximum Gasteiger partial charge on any atom is 0.224 e. The maximum atomic E-state index is 5.62. The molecule has 2 aromatic heterocycles. The molecule has 0 amide bonds. The van der Waals surface area contributed by atoms with Gasteiger partial charge in [-0.15, -0.1) is 0 Å². The molecule has 0 bridgehead atoms. The zero-order valence-corrected chi connectivity index (χ0v) is 10.7. The number of pyridine rings is 1. The molecule has 0 saturated carbocycles. The van der Waals surface area contributed by atoms with Gasteiger partial charge in [0, 0.05) is 28.8 Å². The largest absolute Gasteiger partial charge is 0.357 e. The van der Waals surface area contributed by atoms with Gasteiger partial charge in [-0.25, -0.2) is 9.97 Å². The molecule has 1 N–H and O–H groups in total. The highest BCUT2D eigenvalue weighted by molar-refractivity contribution is 9.10. The van der Waals surface area contributed by atoms with Crippen LogP contribution in [0.1, 0.15) is 5.69 Å². The first-order valence-corrected chi connectivity index (χ1v) is 5.59. The van der Waals surface area contributed by atoms with Crippen LogP contribution < -0.4 is 5.32 Å². The Kier molecular flexibility index (Phi) is 3.16. The van der Waals surface area contributed by atoms with Gasteiger partial charge in [0.1, 0.15) is 0 Å². The summed E-state index contributed by atoms with van der Waals surface area (Å²) < 4.78 is 0.623. The van der Waals surface area contributed by atoms with Crippen molar-refractivity contribution in [1.82, 2.24) is 15.0 Å². The number of halogens is 1. The van der Waals surface area contributed by atoms with E-state index in [-0.39, 0.29) is 0 Å². The van der Waals surface area contributed by atoms with Gasteiger partial charge in [-0.05, 0) is 22.0 Å². The van der Waals surface area contributed by atoms with Crippen LogP contribution in [0.4, 0.5) is 5.95 Å². The number of anilines is 1. The van der Waals surface area contributed by atoms with E-state index in [1.165, 1.54) is 0 Å². The summed E-state index contributed by atoms with van der Waals surface area (Å²) in [5.41, 5.74) is 0.819. The number of rotatable bonds is 2. The Labute approximate surface area is 111 Å². The molecule has 0 unspecified atom stereocenters. The number of nitrogens with one attached hydrogen (secondary N) is 1. The van der Waals surface area contributed by atoms with Crippen molar-refractivity contribution in [2.24, 2.45) is 0 Å². The minimum atomic E-state index is -1.52. The summed E-state index contributed by atoms with van der Waals surface area (Å²) >= 11 is 3.32. The lowest BCUT2D eigenvalue weighted by atomic mass is 9.41. The molecule has 0 saturated heterocycles. The molecule has 0 atom stereocenters. The molecule has 6 radical (unpaired) electrons. The van der Waals surface area contributed by atoms with Crippen molar-refractivity contribution in [3.63, 3.8) is 0 Å². The standard InChI is InChI=1S/C9H6B3BrN4/c1-14-8-15-3-4-2-5(13)6(9(10,11)12)16-7(4)17-8/h2-3H,1H3,(H,14,15,16,17). The van der Waals surface area contributed by atoms with Crippen molar-refractivity contribution in [1.29, 1.82) is 0 Å². The summed E-state index contributed by atoms with van der Waals surface area (Å²) in [5, 5.41) is 2.08. The van der Waals surface area contributed by atoms with E-state index in [2.05, 4.69) is 36.2 Å². The molecule has 17 heavy (non-hydrogen) atoms. The molecule has 8 heteroatoms. The lowest BCUT2D eigenvalue weighted by molar-refractivity contribution is 1.06. The number of aromatic nitrogens is 3. The SMILES string of the molecule is [B]C([B])([B])c1nc2nc(NC)ncc2cc1Br. The van der Waals surface area contributed by atoms with Crippen LogP contribution in [0.2, 0.25) is 0 Å². The van der Waals surface area contributed by atoms with Gasteiger partial charge in [0.05, 0.1) is 23.5 Å². The Hall–Kier alpha value is -1.04. The van der Waals surface area contributed by atoms with E-state index in [0.717, 1.165) is 5.39 Å². The van der Waals surface area contributed by atoms with Gasteiger partial charge < -0.3 is 5.32 Å². The second-order valence-electron chi connectivity index (χ2n) is 3.61. The van der Waals surface area contributed by atoms with E-state index >= 15 is 0 Å². The van der Waals surface area contributed by atoms with Crippen LogP contribution in [0.15, 0.2) is 16.7 Å². The van der Waals surface area contributed by atoms with Gasteiger partial charge in [0.25, 0.3) is 0 Å². The van der Waals surface area contributed by atoms with Crippen LogP contribution in [0.3, 0.4) is 0 Å². The van der Waals surface area contributed by atoms with Gasteiger partial charge in [0.2, 0.25) is 5.95 Å². The fourth-order valence-corrected chi connectivity index (χ4v) is 2.04. The second kappa shape index (κ2) is 4.33. The zero-order valence-electron chi connectivity index (χ0n) is 9.11. The molecular formula is C9H6B3BrN4. The van der Waals surface area contributed by atoms with Crippen LogP contribution in [-0.4, -0.2) is 45.5 Å². The lowest BCUT2D eigenvalue weighted by Gasteiger charge is -2.20. The van der Waals surface area contributed by atoms with Gasteiger partial charge in [-0.1, -0.05) is 5.11 Å². The average molecular weight is 283 g/mol. The van der Waals surface area contributed by atoms with Gasteiger partial charge in [-0.2, -0.15) is 4.98 Å². The number of hydrogen-bond acceptors (Lipinski definition) is 4. The third kappa shape index (κ3) is 2.46. The summed E-state index contributed by atoms with van der Waals surface area (Å²) in [6.07, 6.45) is 1.65. The maximum absolute atomic E-state index is 5.62. The third-order valence-corrected chi connectivity index (χ3v) is 2.76. The highest BCUT2D eigenvalue weighted by atomic mass is 79.9. The third-order valence-electron chi connectivity index (χ3n) is 2.16. The van der Waals surface area contributed by atoms with E-state index in [4.69, 9.17) is 23.5 Å². The quantitative estimate of drug-likeness (QED) is 0.813. The topological polar surface area (TPSA) is 50.7 Å². The lowest BCUT2D eigenvalue weighted by Crippen LogP contribution is -2.29. The van der Waals surface area contributed by atoms with Crippen molar-refractivity contribution in [3.05, 3.63) is 22.4 Å². The fraction of sp³-hybridized carbons (Fsp3) is 0.222. The summed E-state index contributed by atoms with van der Waals surface area (Å²) in [4.78, 5) is 12.5. The summed E-state index contributed by atoms with van der Waals surface area (Å²) in [5.74, 6) is 0.468. The van der Waals surface area contributed by atoms with Gasteiger partial charge in [-0.3, -0.25) is 0 Å².